The van der Waals surface area contributed by atoms with E-state index in [0.29, 0.717) is 0 Å². The maximum atomic E-state index is 3.93. The van der Waals surface area contributed by atoms with Crippen LogP contribution in [0.5, 0.6) is 0 Å². The molecule has 0 saturated carbocycles. The van der Waals surface area contributed by atoms with Crippen LogP contribution in [-0.4, -0.2) is 0 Å². The molecule has 0 heteroatoms. The van der Waals surface area contributed by atoms with Crippen molar-refractivity contribution in [1.82, 2.24) is 0 Å². The molecule has 0 saturated heterocycles. The van der Waals surface area contributed by atoms with E-state index in [2.05, 4.69) is 25.7 Å². The van der Waals surface area contributed by atoms with Gasteiger partial charge in [-0.05, 0) is 19.8 Å². The summed E-state index contributed by atoms with van der Waals surface area (Å²) in [7, 11) is 0. The van der Waals surface area contributed by atoms with Gasteiger partial charge in [-0.2, -0.15) is 0 Å². The molecule has 52 valence electrons. The maximum absolute atomic E-state index is 3.93. The number of hydrogen-bond acceptors (Lipinski definition) is 0. The molecule has 9 heavy (non-hydrogen) atoms. The van der Waals surface area contributed by atoms with Crippen molar-refractivity contribution < 1.29 is 0 Å². The molecule has 0 aromatic rings. The Hall–Kier alpha value is -0.520. The Labute approximate surface area is 58.3 Å². The van der Waals surface area contributed by atoms with Crippen LogP contribution in [0.4, 0.5) is 0 Å². The van der Waals surface area contributed by atoms with E-state index < -0.39 is 0 Å². The van der Waals surface area contributed by atoms with Crippen LogP contribution in [0.3, 0.4) is 0 Å². The molecule has 0 unspecified atom stereocenters. The molecule has 0 rings (SSSR count). The van der Waals surface area contributed by atoms with Gasteiger partial charge in [0.1, 0.15) is 0 Å². The lowest BCUT2D eigenvalue weighted by atomic mass is 10.1. The Morgan fingerprint density at radius 3 is 2.67 bits per heavy atom. The summed E-state index contributed by atoms with van der Waals surface area (Å²) in [6.45, 7) is 8.15. The van der Waals surface area contributed by atoms with Crippen LogP contribution in [0.25, 0.3) is 0 Å². The van der Waals surface area contributed by atoms with Gasteiger partial charge in [0.25, 0.3) is 0 Å². The van der Waals surface area contributed by atoms with Crippen LogP contribution >= 0.6 is 0 Å². The molecule has 0 radical (unpaired) electrons. The van der Waals surface area contributed by atoms with E-state index in [-0.39, 0.29) is 0 Å². The van der Waals surface area contributed by atoms with Gasteiger partial charge in [0, 0.05) is 0 Å². The Morgan fingerprint density at radius 1 is 1.56 bits per heavy atom. The first-order chi connectivity index (χ1) is 4.31. The maximum Gasteiger partial charge on any atom is -0.0142 e. The molecule has 0 N–H and O–H groups in total. The topological polar surface area (TPSA) is 0 Å². The van der Waals surface area contributed by atoms with Gasteiger partial charge in [-0.1, -0.05) is 37.6 Å². The van der Waals surface area contributed by atoms with Gasteiger partial charge in [-0.25, -0.2) is 0 Å². The summed E-state index contributed by atoms with van der Waals surface area (Å²) in [6.07, 6.45) is 7.67. The van der Waals surface area contributed by atoms with E-state index >= 15 is 0 Å². The second-order valence-corrected chi connectivity index (χ2v) is 2.27. The molecule has 0 amide bonds. The van der Waals surface area contributed by atoms with Crippen molar-refractivity contribution in [1.29, 1.82) is 0 Å². The highest BCUT2D eigenvalue weighted by Crippen LogP contribution is 2.06. The normalized spacial score (nSPS) is 10.4. The van der Waals surface area contributed by atoms with Gasteiger partial charge in [-0.15, -0.1) is 0 Å². The summed E-state index contributed by atoms with van der Waals surface area (Å²) in [5.41, 5.74) is 1.34. The number of hydrogen-bond donors (Lipinski definition) is 0. The molecule has 0 bridgehead atoms. The molecule has 0 aliphatic heterocycles. The second kappa shape index (κ2) is 5.61. The Bertz CT molecular complexity index is 98.6. The summed E-state index contributed by atoms with van der Waals surface area (Å²) in [6, 6.07) is 0. The van der Waals surface area contributed by atoms with Crippen molar-refractivity contribution in [2.45, 2.75) is 33.1 Å². The third-order valence-corrected chi connectivity index (χ3v) is 1.25. The largest absolute Gasteiger partial charge is 0.0995 e. The molecule has 0 aromatic heterocycles. The minimum atomic E-state index is 1.06. The third kappa shape index (κ3) is 5.35. The van der Waals surface area contributed by atoms with Crippen LogP contribution in [-0.2, 0) is 0 Å². The first-order valence-corrected chi connectivity index (χ1v) is 3.59. The van der Waals surface area contributed by atoms with Crippen LogP contribution in [0.15, 0.2) is 24.3 Å². The van der Waals surface area contributed by atoms with E-state index in [1.807, 2.05) is 6.92 Å². The first-order valence-electron chi connectivity index (χ1n) is 3.59. The van der Waals surface area contributed by atoms with Crippen molar-refractivity contribution in [3.8, 4) is 0 Å². The molecule has 0 heterocycles. The summed E-state index contributed by atoms with van der Waals surface area (Å²) in [5, 5.41) is 0. The Balaban J connectivity index is 3.27. The van der Waals surface area contributed by atoms with Crippen LogP contribution in [0.2, 0.25) is 0 Å². The van der Waals surface area contributed by atoms with E-state index in [1.165, 1.54) is 18.4 Å². The predicted molar refractivity (Wildman–Crippen MR) is 43.5 cm³/mol. The summed E-state index contributed by atoms with van der Waals surface area (Å²) in [5.74, 6) is 0. The Kier molecular flexibility index (Phi) is 5.29. The Morgan fingerprint density at radius 2 is 2.22 bits per heavy atom. The van der Waals surface area contributed by atoms with Crippen molar-refractivity contribution in [3.05, 3.63) is 24.3 Å². The van der Waals surface area contributed by atoms with Gasteiger partial charge in [0.2, 0.25) is 0 Å². The molecule has 0 atom stereocenters. The van der Waals surface area contributed by atoms with E-state index in [4.69, 9.17) is 0 Å². The van der Waals surface area contributed by atoms with E-state index in [1.54, 1.807) is 0 Å². The highest BCUT2D eigenvalue weighted by atomic mass is 13.9. The van der Waals surface area contributed by atoms with E-state index in [9.17, 15) is 0 Å². The molecule has 0 fully saturated rings. The fourth-order valence-electron chi connectivity index (χ4n) is 0.740. The van der Waals surface area contributed by atoms with Gasteiger partial charge in [-0.3, -0.25) is 0 Å². The number of allylic oxidation sites excluding steroid dienone is 3. The summed E-state index contributed by atoms with van der Waals surface area (Å²) < 4.78 is 0. The fourth-order valence-corrected chi connectivity index (χ4v) is 0.740. The van der Waals surface area contributed by atoms with E-state index in [0.717, 1.165) is 6.42 Å². The lowest BCUT2D eigenvalue weighted by Crippen LogP contribution is -1.76. The molecular weight excluding hydrogens is 108 g/mol. The van der Waals surface area contributed by atoms with Crippen molar-refractivity contribution >= 4 is 0 Å². The monoisotopic (exact) mass is 124 g/mol. The highest BCUT2D eigenvalue weighted by Gasteiger charge is 1.86. The number of rotatable bonds is 4. The third-order valence-electron chi connectivity index (χ3n) is 1.25. The fraction of sp³-hybridized carbons (Fsp3) is 0.556. The minimum absolute atomic E-state index is 1.06. The zero-order valence-electron chi connectivity index (χ0n) is 6.48. The quantitative estimate of drug-likeness (QED) is 0.504. The molecule has 0 aliphatic rings. The van der Waals surface area contributed by atoms with Crippen molar-refractivity contribution in [2.24, 2.45) is 0 Å². The predicted octanol–water partition coefficient (Wildman–Crippen LogP) is 3.31. The van der Waals surface area contributed by atoms with Crippen LogP contribution < -0.4 is 0 Å². The SMILES string of the molecule is C=C(CC=CC)CCC. The van der Waals surface area contributed by atoms with Gasteiger partial charge in [0.15, 0.2) is 0 Å². The molecule has 0 aromatic carbocycles. The van der Waals surface area contributed by atoms with Crippen LogP contribution in [0.1, 0.15) is 33.1 Å². The summed E-state index contributed by atoms with van der Waals surface area (Å²) in [4.78, 5) is 0. The highest BCUT2D eigenvalue weighted by molar-refractivity contribution is 5.00. The second-order valence-electron chi connectivity index (χ2n) is 2.27. The average Bonchev–Trinajstić information content (AvgIpc) is 1.85. The minimum Gasteiger partial charge on any atom is -0.0995 e. The lowest BCUT2D eigenvalue weighted by Gasteiger charge is -1.96. The van der Waals surface area contributed by atoms with Gasteiger partial charge >= 0.3 is 0 Å². The van der Waals surface area contributed by atoms with Crippen molar-refractivity contribution in [3.63, 3.8) is 0 Å². The standard InChI is InChI=1S/C9H16/c1-4-6-8-9(3)7-5-2/h4,6H,3,5,7-8H2,1-2H3. The lowest BCUT2D eigenvalue weighted by molar-refractivity contribution is 0.884. The van der Waals surface area contributed by atoms with Gasteiger partial charge < -0.3 is 0 Å². The first kappa shape index (κ1) is 8.48. The molecule has 0 nitrogen and oxygen atoms in total. The zero-order chi connectivity index (χ0) is 7.11. The smallest absolute Gasteiger partial charge is 0.0142 e. The average molecular weight is 124 g/mol. The molecular formula is C9H16. The zero-order valence-corrected chi connectivity index (χ0v) is 6.48. The van der Waals surface area contributed by atoms with Gasteiger partial charge in [0.05, 0.1) is 0 Å². The summed E-state index contributed by atoms with van der Waals surface area (Å²) >= 11 is 0. The van der Waals surface area contributed by atoms with Crippen LogP contribution in [0, 0.1) is 0 Å². The van der Waals surface area contributed by atoms with Crippen molar-refractivity contribution in [2.75, 3.05) is 0 Å². The molecule has 0 aliphatic carbocycles. The molecule has 0 spiro atoms.